The number of nitrogens with zero attached hydrogens (tertiary/aromatic N) is 1. The molecule has 0 heterocycles. The van der Waals surface area contributed by atoms with Gasteiger partial charge in [0.1, 0.15) is 5.82 Å². The first-order valence-corrected chi connectivity index (χ1v) is 4.89. The number of hydrogen-bond acceptors (Lipinski definition) is 5. The summed E-state index contributed by atoms with van der Waals surface area (Å²) in [6.07, 6.45) is 0.286. The maximum absolute atomic E-state index is 12.6. The third-order valence-corrected chi connectivity index (χ3v) is 1.75. The van der Waals surface area contributed by atoms with Crippen LogP contribution in [0, 0.1) is 5.82 Å². The van der Waals surface area contributed by atoms with Crippen molar-refractivity contribution in [2.45, 2.75) is 6.92 Å². The topological polar surface area (TPSA) is 67.8 Å². The highest BCUT2D eigenvalue weighted by atomic mass is 19.1. The number of halogens is 1. The number of nitrogens with one attached hydrogen (secondary N) is 1. The van der Waals surface area contributed by atoms with E-state index in [0.29, 0.717) is 5.69 Å². The molecule has 0 bridgehead atoms. The first-order valence-electron chi connectivity index (χ1n) is 4.89. The first kappa shape index (κ1) is 12.8. The molecule has 0 aliphatic heterocycles. The highest BCUT2D eigenvalue weighted by Gasteiger charge is 2.11. The Labute approximate surface area is 97.3 Å². The summed E-state index contributed by atoms with van der Waals surface area (Å²) in [7, 11) is 0. The number of anilines is 1. The molecule has 90 valence electrons. The zero-order valence-electron chi connectivity index (χ0n) is 9.14. The number of benzene rings is 1. The van der Waals surface area contributed by atoms with E-state index in [4.69, 9.17) is 0 Å². The molecule has 1 aromatic rings. The molecule has 17 heavy (non-hydrogen) atoms. The Morgan fingerprint density at radius 3 is 2.65 bits per heavy atom. The van der Waals surface area contributed by atoms with Crippen LogP contribution >= 0.6 is 0 Å². The second kappa shape index (κ2) is 6.37. The molecule has 0 aliphatic rings. The van der Waals surface area contributed by atoms with Gasteiger partial charge < -0.3 is 4.74 Å². The summed E-state index contributed by atoms with van der Waals surface area (Å²) in [4.78, 5) is 21.7. The second-order valence-corrected chi connectivity index (χ2v) is 2.95. The van der Waals surface area contributed by atoms with Crippen LogP contribution < -0.4 is 5.43 Å². The van der Waals surface area contributed by atoms with Crippen molar-refractivity contribution in [2.24, 2.45) is 5.10 Å². The Morgan fingerprint density at radius 1 is 1.47 bits per heavy atom. The van der Waals surface area contributed by atoms with Crippen LogP contribution in [-0.2, 0) is 14.3 Å². The summed E-state index contributed by atoms with van der Waals surface area (Å²) in [5.74, 6) is -1.20. The Balaban J connectivity index is 2.70. The molecule has 0 saturated carbocycles. The average Bonchev–Trinajstić information content (AvgIpc) is 2.32. The molecule has 0 aliphatic carbocycles. The molecule has 0 fully saturated rings. The molecule has 0 atom stereocenters. The van der Waals surface area contributed by atoms with Crippen molar-refractivity contribution in [3.8, 4) is 0 Å². The predicted octanol–water partition coefficient (Wildman–Crippen LogP) is 1.36. The average molecular weight is 238 g/mol. The summed E-state index contributed by atoms with van der Waals surface area (Å²) in [6.45, 7) is 1.77. The van der Waals surface area contributed by atoms with Crippen LogP contribution in [0.15, 0.2) is 29.4 Å². The maximum Gasteiger partial charge on any atom is 0.362 e. The molecule has 1 N–H and O–H groups in total. The molecule has 0 amide bonds. The number of carbonyl (C=O) groups excluding carboxylic acids is 2. The van der Waals surface area contributed by atoms with E-state index in [0.717, 1.165) is 0 Å². The van der Waals surface area contributed by atoms with Crippen molar-refractivity contribution in [1.82, 2.24) is 0 Å². The van der Waals surface area contributed by atoms with Crippen molar-refractivity contribution in [2.75, 3.05) is 12.0 Å². The van der Waals surface area contributed by atoms with Gasteiger partial charge in [-0.25, -0.2) is 9.18 Å². The fraction of sp³-hybridized carbons (Fsp3) is 0.182. The molecule has 0 aromatic heterocycles. The summed E-state index contributed by atoms with van der Waals surface area (Å²) in [6, 6.07) is 5.30. The minimum Gasteiger partial charge on any atom is -0.461 e. The van der Waals surface area contributed by atoms with E-state index >= 15 is 0 Å². The molecular formula is C11H11FN2O3. The van der Waals surface area contributed by atoms with Crippen molar-refractivity contribution in [3.63, 3.8) is 0 Å². The van der Waals surface area contributed by atoms with Gasteiger partial charge in [-0.05, 0) is 31.2 Å². The number of aldehydes is 1. The fourth-order valence-electron chi connectivity index (χ4n) is 0.974. The summed E-state index contributed by atoms with van der Waals surface area (Å²) in [5, 5.41) is 3.56. The largest absolute Gasteiger partial charge is 0.461 e. The van der Waals surface area contributed by atoms with Gasteiger partial charge in [0.05, 0.1) is 12.3 Å². The van der Waals surface area contributed by atoms with Crippen molar-refractivity contribution >= 4 is 23.7 Å². The van der Waals surface area contributed by atoms with Crippen LogP contribution in [0.5, 0.6) is 0 Å². The molecule has 1 aromatic carbocycles. The fourth-order valence-corrected chi connectivity index (χ4v) is 0.974. The SMILES string of the molecule is CCOC(=O)C(C=O)=NNc1ccc(F)cc1. The van der Waals surface area contributed by atoms with Gasteiger partial charge in [0.25, 0.3) is 0 Å². The standard InChI is InChI=1S/C11H11FN2O3/c1-2-17-11(16)10(7-15)14-13-9-5-3-8(12)4-6-9/h3-7,13H,2H2,1H3. The minimum atomic E-state index is -0.808. The number of hydrogen-bond donors (Lipinski definition) is 1. The third kappa shape index (κ3) is 4.02. The monoisotopic (exact) mass is 238 g/mol. The number of hydrazone groups is 1. The molecule has 0 saturated heterocycles. The van der Waals surface area contributed by atoms with Crippen molar-refractivity contribution in [3.05, 3.63) is 30.1 Å². The van der Waals surface area contributed by atoms with Gasteiger partial charge in [-0.1, -0.05) is 0 Å². The van der Waals surface area contributed by atoms with E-state index < -0.39 is 5.97 Å². The van der Waals surface area contributed by atoms with Crippen molar-refractivity contribution in [1.29, 1.82) is 0 Å². The number of rotatable bonds is 5. The lowest BCUT2D eigenvalue weighted by Gasteiger charge is -2.02. The number of carbonyl (C=O) groups is 2. The van der Waals surface area contributed by atoms with E-state index in [2.05, 4.69) is 15.3 Å². The lowest BCUT2D eigenvalue weighted by atomic mass is 10.3. The van der Waals surface area contributed by atoms with Crippen LogP contribution in [0.3, 0.4) is 0 Å². The number of esters is 1. The van der Waals surface area contributed by atoms with Gasteiger partial charge in [0, 0.05) is 0 Å². The summed E-state index contributed by atoms with van der Waals surface area (Å²) in [5.41, 5.74) is 2.53. The van der Waals surface area contributed by atoms with Gasteiger partial charge in [-0.3, -0.25) is 10.2 Å². The smallest absolute Gasteiger partial charge is 0.362 e. The highest BCUT2D eigenvalue weighted by molar-refractivity contribution is 6.58. The normalized spacial score (nSPS) is 10.8. The van der Waals surface area contributed by atoms with Crippen LogP contribution in [0.25, 0.3) is 0 Å². The van der Waals surface area contributed by atoms with Gasteiger partial charge in [0.15, 0.2) is 6.29 Å². The third-order valence-electron chi connectivity index (χ3n) is 1.75. The van der Waals surface area contributed by atoms with E-state index in [1.54, 1.807) is 6.92 Å². The van der Waals surface area contributed by atoms with Gasteiger partial charge >= 0.3 is 5.97 Å². The van der Waals surface area contributed by atoms with Crippen LogP contribution in [0.2, 0.25) is 0 Å². The summed E-state index contributed by atoms with van der Waals surface area (Å²) >= 11 is 0. The quantitative estimate of drug-likeness (QED) is 0.276. The van der Waals surface area contributed by atoms with E-state index in [-0.39, 0.29) is 24.4 Å². The molecule has 6 heteroatoms. The minimum absolute atomic E-state index is 0.155. The zero-order valence-corrected chi connectivity index (χ0v) is 9.14. The lowest BCUT2D eigenvalue weighted by Crippen LogP contribution is -2.20. The summed E-state index contributed by atoms with van der Waals surface area (Å²) < 4.78 is 17.2. The molecule has 5 nitrogen and oxygen atoms in total. The van der Waals surface area contributed by atoms with Crippen molar-refractivity contribution < 1.29 is 18.7 Å². The molecule has 0 radical (unpaired) electrons. The van der Waals surface area contributed by atoms with Crippen LogP contribution in [-0.4, -0.2) is 24.6 Å². The Morgan fingerprint density at radius 2 is 2.12 bits per heavy atom. The lowest BCUT2D eigenvalue weighted by molar-refractivity contribution is -0.135. The maximum atomic E-state index is 12.6. The van der Waals surface area contributed by atoms with E-state index in [1.807, 2.05) is 0 Å². The molecule has 1 rings (SSSR count). The van der Waals surface area contributed by atoms with Crippen LogP contribution in [0.1, 0.15) is 6.92 Å². The Bertz CT molecular complexity index is 429. The van der Waals surface area contributed by atoms with Crippen LogP contribution in [0.4, 0.5) is 10.1 Å². The Kier molecular flexibility index (Phi) is 4.80. The first-order chi connectivity index (χ1) is 8.17. The van der Waals surface area contributed by atoms with Gasteiger partial charge in [-0.15, -0.1) is 0 Å². The van der Waals surface area contributed by atoms with Gasteiger partial charge in [0.2, 0.25) is 5.71 Å². The molecule has 0 spiro atoms. The molecule has 0 unspecified atom stereocenters. The second-order valence-electron chi connectivity index (χ2n) is 2.95. The Hall–Kier alpha value is -2.24. The predicted molar refractivity (Wildman–Crippen MR) is 60.2 cm³/mol. The van der Waals surface area contributed by atoms with E-state index in [9.17, 15) is 14.0 Å². The number of ether oxygens (including phenoxy) is 1. The van der Waals surface area contributed by atoms with Gasteiger partial charge in [-0.2, -0.15) is 5.10 Å². The zero-order chi connectivity index (χ0) is 12.7. The molecular weight excluding hydrogens is 227 g/mol. The van der Waals surface area contributed by atoms with E-state index in [1.165, 1.54) is 24.3 Å². The highest BCUT2D eigenvalue weighted by Crippen LogP contribution is 2.07.